The van der Waals surface area contributed by atoms with Gasteiger partial charge in [0.2, 0.25) is 0 Å². The van der Waals surface area contributed by atoms with Gasteiger partial charge in [0.25, 0.3) is 0 Å². The van der Waals surface area contributed by atoms with Crippen LogP contribution in [0.15, 0.2) is 12.2 Å². The summed E-state index contributed by atoms with van der Waals surface area (Å²) in [6, 6.07) is 0. The fourth-order valence-electron chi connectivity index (χ4n) is 2.44. The highest BCUT2D eigenvalue weighted by Gasteiger charge is 2.23. The fraction of sp³-hybridized carbons (Fsp3) is 0.640. The monoisotopic (exact) mass is 432 g/mol. The van der Waals surface area contributed by atoms with Crippen molar-refractivity contribution in [1.82, 2.24) is 0 Å². The molecule has 0 bridgehead atoms. The van der Waals surface area contributed by atoms with Crippen LogP contribution in [0.5, 0.6) is 0 Å². The molecule has 0 fully saturated rings. The molecule has 0 rings (SSSR count). The molecule has 0 aliphatic heterocycles. The normalized spacial score (nSPS) is 12.3. The van der Waals surface area contributed by atoms with Gasteiger partial charge in [-0.1, -0.05) is 57.4 Å². The molecule has 0 saturated carbocycles. The van der Waals surface area contributed by atoms with E-state index in [0.29, 0.717) is 12.8 Å². The number of carbonyl (C=O) groups is 3. The van der Waals surface area contributed by atoms with Crippen LogP contribution in [0.1, 0.15) is 85.5 Å². The zero-order chi connectivity index (χ0) is 23.5. The molecule has 0 aromatic carbocycles. The smallest absolute Gasteiger partial charge is 0.347 e. The summed E-state index contributed by atoms with van der Waals surface area (Å²) in [7, 11) is 0. The van der Waals surface area contributed by atoms with Crippen LogP contribution < -0.4 is 0 Å². The minimum Gasteiger partial charge on any atom is -0.479 e. The Bertz CT molecular complexity index is 699. The zero-order valence-corrected chi connectivity index (χ0v) is 19.2. The molecule has 0 heterocycles. The number of carboxylic acid groups (broad SMARTS) is 1. The maximum atomic E-state index is 11.7. The van der Waals surface area contributed by atoms with E-state index in [1.807, 2.05) is 6.08 Å². The van der Waals surface area contributed by atoms with Crippen LogP contribution in [0.25, 0.3) is 0 Å². The second-order valence-corrected chi connectivity index (χ2v) is 7.76. The van der Waals surface area contributed by atoms with Crippen molar-refractivity contribution in [3.63, 3.8) is 0 Å². The quantitative estimate of drug-likeness (QED) is 0.244. The number of carboxylic acids is 1. The number of unbranched alkanes of at least 4 members (excludes halogenated alkanes) is 5. The zero-order valence-electron chi connectivity index (χ0n) is 19.2. The SMILES string of the molecule is CC(C)CCCCCC/C=C/C#CC#CCCCC(=O)O[C@H](C)C(=O)O[C@H](C)C(=O)O. The van der Waals surface area contributed by atoms with E-state index >= 15 is 0 Å². The Morgan fingerprint density at radius 2 is 1.61 bits per heavy atom. The summed E-state index contributed by atoms with van der Waals surface area (Å²) in [5.74, 6) is 9.30. The maximum absolute atomic E-state index is 11.7. The number of allylic oxidation sites excluding steroid dienone is 2. The number of carbonyl (C=O) groups excluding carboxylic acids is 2. The summed E-state index contributed by atoms with van der Waals surface area (Å²) in [6.07, 6.45) is 9.91. The lowest BCUT2D eigenvalue weighted by Crippen LogP contribution is -2.32. The van der Waals surface area contributed by atoms with E-state index < -0.39 is 30.1 Å². The molecule has 0 aliphatic carbocycles. The van der Waals surface area contributed by atoms with Gasteiger partial charge in [-0.3, -0.25) is 4.79 Å². The van der Waals surface area contributed by atoms with Crippen molar-refractivity contribution in [3.8, 4) is 23.7 Å². The number of esters is 2. The van der Waals surface area contributed by atoms with E-state index in [4.69, 9.17) is 9.84 Å². The standard InChI is InChI=1S/C25H36O6/c1-20(2)18-16-14-12-10-8-6-5-7-9-11-13-15-17-19-23(26)30-22(4)25(29)31-21(3)24(27)28/h5-6,20-22H,8,10,12,14-19H2,1-4H3,(H,27,28)/b6-5+/t21-,22-/m1/s1. The van der Waals surface area contributed by atoms with Gasteiger partial charge in [0.05, 0.1) is 0 Å². The number of ether oxygens (including phenoxy) is 2. The van der Waals surface area contributed by atoms with Crippen molar-refractivity contribution < 1.29 is 29.0 Å². The van der Waals surface area contributed by atoms with Gasteiger partial charge < -0.3 is 14.6 Å². The average molecular weight is 433 g/mol. The molecule has 0 aromatic heterocycles. The van der Waals surface area contributed by atoms with Crippen molar-refractivity contribution in [2.24, 2.45) is 5.92 Å². The van der Waals surface area contributed by atoms with Crippen LogP contribution in [0.2, 0.25) is 0 Å². The molecule has 2 atom stereocenters. The van der Waals surface area contributed by atoms with E-state index in [1.54, 1.807) is 0 Å². The molecule has 0 amide bonds. The van der Waals surface area contributed by atoms with Gasteiger partial charge in [-0.25, -0.2) is 9.59 Å². The molecule has 0 radical (unpaired) electrons. The van der Waals surface area contributed by atoms with Crippen molar-refractivity contribution in [2.75, 3.05) is 0 Å². The van der Waals surface area contributed by atoms with E-state index in [9.17, 15) is 14.4 Å². The van der Waals surface area contributed by atoms with E-state index in [1.165, 1.54) is 46.0 Å². The molecule has 6 heteroatoms. The van der Waals surface area contributed by atoms with Gasteiger partial charge in [-0.05, 0) is 56.9 Å². The van der Waals surface area contributed by atoms with Crippen molar-refractivity contribution in [2.45, 2.75) is 97.7 Å². The van der Waals surface area contributed by atoms with Gasteiger partial charge in [0.1, 0.15) is 0 Å². The lowest BCUT2D eigenvalue weighted by Gasteiger charge is -2.14. The van der Waals surface area contributed by atoms with Crippen LogP contribution in [0, 0.1) is 29.6 Å². The Kier molecular flexibility index (Phi) is 16.5. The van der Waals surface area contributed by atoms with E-state index in [-0.39, 0.29) is 6.42 Å². The summed E-state index contributed by atoms with van der Waals surface area (Å²) in [4.78, 5) is 34.0. The first-order valence-electron chi connectivity index (χ1n) is 11.0. The summed E-state index contributed by atoms with van der Waals surface area (Å²) in [5.41, 5.74) is 0. The number of aliphatic carboxylic acids is 1. The van der Waals surface area contributed by atoms with Crippen molar-refractivity contribution in [3.05, 3.63) is 12.2 Å². The van der Waals surface area contributed by atoms with Crippen LogP contribution in [-0.4, -0.2) is 35.2 Å². The van der Waals surface area contributed by atoms with E-state index in [2.05, 4.69) is 48.3 Å². The Hall–Kier alpha value is -2.73. The van der Waals surface area contributed by atoms with Crippen LogP contribution in [0.4, 0.5) is 0 Å². The van der Waals surface area contributed by atoms with Gasteiger partial charge in [-0.15, -0.1) is 0 Å². The predicted molar refractivity (Wildman–Crippen MR) is 120 cm³/mol. The van der Waals surface area contributed by atoms with Gasteiger partial charge in [-0.2, -0.15) is 0 Å². The molecule has 0 aromatic rings. The Morgan fingerprint density at radius 1 is 0.903 bits per heavy atom. The van der Waals surface area contributed by atoms with Gasteiger partial charge in [0.15, 0.2) is 12.2 Å². The third-order valence-electron chi connectivity index (χ3n) is 4.29. The van der Waals surface area contributed by atoms with Crippen LogP contribution in [-0.2, 0) is 23.9 Å². The van der Waals surface area contributed by atoms with Crippen LogP contribution >= 0.6 is 0 Å². The minimum absolute atomic E-state index is 0.102. The molecule has 1 N–H and O–H groups in total. The first-order chi connectivity index (χ1) is 14.7. The number of hydrogen-bond acceptors (Lipinski definition) is 5. The molecular formula is C25H36O6. The summed E-state index contributed by atoms with van der Waals surface area (Å²) < 4.78 is 9.58. The highest BCUT2D eigenvalue weighted by Crippen LogP contribution is 2.10. The molecule has 31 heavy (non-hydrogen) atoms. The topological polar surface area (TPSA) is 89.9 Å². The lowest BCUT2D eigenvalue weighted by molar-refractivity contribution is -0.174. The van der Waals surface area contributed by atoms with Gasteiger partial charge in [0, 0.05) is 12.8 Å². The second-order valence-electron chi connectivity index (χ2n) is 7.76. The first kappa shape index (κ1) is 28.3. The largest absolute Gasteiger partial charge is 0.479 e. The minimum atomic E-state index is -1.29. The molecule has 0 unspecified atom stereocenters. The Morgan fingerprint density at radius 3 is 2.29 bits per heavy atom. The molecule has 172 valence electrons. The molecule has 6 nitrogen and oxygen atoms in total. The highest BCUT2D eigenvalue weighted by atomic mass is 16.6. The Balaban J connectivity index is 3.85. The summed E-state index contributed by atoms with van der Waals surface area (Å²) in [6.45, 7) is 7.08. The van der Waals surface area contributed by atoms with E-state index in [0.717, 1.165) is 12.3 Å². The number of rotatable bonds is 14. The van der Waals surface area contributed by atoms with Crippen molar-refractivity contribution in [1.29, 1.82) is 0 Å². The second kappa shape index (κ2) is 18.1. The average Bonchev–Trinajstić information content (AvgIpc) is 2.70. The highest BCUT2D eigenvalue weighted by molar-refractivity contribution is 5.82. The number of hydrogen-bond donors (Lipinski definition) is 1. The third-order valence-corrected chi connectivity index (χ3v) is 4.29. The van der Waals surface area contributed by atoms with Gasteiger partial charge >= 0.3 is 17.9 Å². The lowest BCUT2D eigenvalue weighted by atomic mass is 10.0. The molecule has 0 saturated heterocycles. The predicted octanol–water partition coefficient (Wildman–Crippen LogP) is 4.66. The fourth-order valence-corrected chi connectivity index (χ4v) is 2.44. The summed E-state index contributed by atoms with van der Waals surface area (Å²) >= 11 is 0. The van der Waals surface area contributed by atoms with Crippen LogP contribution in [0.3, 0.4) is 0 Å². The first-order valence-corrected chi connectivity index (χ1v) is 11.0. The molecule has 0 spiro atoms. The maximum Gasteiger partial charge on any atom is 0.347 e. The van der Waals surface area contributed by atoms with Crippen molar-refractivity contribution >= 4 is 17.9 Å². The summed E-state index contributed by atoms with van der Waals surface area (Å²) in [5, 5.41) is 8.69. The third kappa shape index (κ3) is 17.8. The molecular weight excluding hydrogens is 396 g/mol. The molecule has 0 aliphatic rings. The Labute approximate surface area is 186 Å².